The Morgan fingerprint density at radius 2 is 1.86 bits per heavy atom. The molecule has 21 heavy (non-hydrogen) atoms. The molecule has 0 saturated heterocycles. The molecule has 0 spiro atoms. The third-order valence-corrected chi connectivity index (χ3v) is 3.74. The van der Waals surface area contributed by atoms with Gasteiger partial charge in [-0.3, -0.25) is 0 Å². The van der Waals surface area contributed by atoms with Crippen LogP contribution in [0.2, 0.25) is 0 Å². The molecule has 0 saturated carbocycles. The fourth-order valence-electron chi connectivity index (χ4n) is 2.77. The van der Waals surface area contributed by atoms with Gasteiger partial charge >= 0.3 is 0 Å². The molecule has 2 aromatic rings. The molecule has 3 nitrogen and oxygen atoms in total. The summed E-state index contributed by atoms with van der Waals surface area (Å²) in [6.45, 7) is 4.95. The predicted molar refractivity (Wildman–Crippen MR) is 84.9 cm³/mol. The van der Waals surface area contributed by atoms with Gasteiger partial charge in [-0.15, -0.1) is 0 Å². The summed E-state index contributed by atoms with van der Waals surface area (Å²) in [6.07, 6.45) is 0.567. The van der Waals surface area contributed by atoms with E-state index >= 15 is 0 Å². The van der Waals surface area contributed by atoms with Crippen molar-refractivity contribution in [1.29, 1.82) is 0 Å². The van der Waals surface area contributed by atoms with E-state index in [0.717, 1.165) is 35.5 Å². The maximum Gasteiger partial charge on any atom is 0.119 e. The monoisotopic (exact) mass is 283 g/mol. The Bertz CT molecular complexity index is 620. The molecule has 0 aliphatic carbocycles. The number of para-hydroxylation sites is 1. The summed E-state index contributed by atoms with van der Waals surface area (Å²) >= 11 is 0. The van der Waals surface area contributed by atoms with Crippen LogP contribution in [0.5, 0.6) is 5.75 Å². The smallest absolute Gasteiger partial charge is 0.119 e. The molecule has 1 unspecified atom stereocenters. The van der Waals surface area contributed by atoms with Crippen molar-refractivity contribution in [3.63, 3.8) is 0 Å². The minimum absolute atomic E-state index is 0.155. The maximum absolute atomic E-state index is 10.6. The Balaban J connectivity index is 1.85. The zero-order valence-electron chi connectivity index (χ0n) is 12.5. The van der Waals surface area contributed by atoms with E-state index in [9.17, 15) is 5.11 Å². The van der Waals surface area contributed by atoms with Crippen LogP contribution in [-0.4, -0.2) is 17.8 Å². The average molecular weight is 283 g/mol. The number of hydrogen-bond acceptors (Lipinski definition) is 3. The second-order valence-electron chi connectivity index (χ2n) is 5.70. The van der Waals surface area contributed by atoms with Gasteiger partial charge in [0.05, 0.1) is 6.10 Å². The van der Waals surface area contributed by atoms with E-state index in [1.54, 1.807) is 0 Å². The summed E-state index contributed by atoms with van der Waals surface area (Å²) in [5.41, 5.74) is 4.20. The standard InChI is InChI=1S/C18H21NO2/c1-12(2)21-15-8-6-14(7-9-15)18(20)16-5-3-4-13-10-11-19-17(13)16/h3-9,12,18-20H,10-11H2,1-2H3. The maximum atomic E-state index is 10.6. The topological polar surface area (TPSA) is 41.5 Å². The number of nitrogens with one attached hydrogen (secondary N) is 1. The van der Waals surface area contributed by atoms with Gasteiger partial charge in [-0.25, -0.2) is 0 Å². The molecule has 2 aromatic carbocycles. The minimum Gasteiger partial charge on any atom is -0.491 e. The molecule has 3 rings (SSSR count). The van der Waals surface area contributed by atoms with E-state index in [4.69, 9.17) is 4.74 Å². The van der Waals surface area contributed by atoms with Crippen LogP contribution in [0.15, 0.2) is 42.5 Å². The SMILES string of the molecule is CC(C)Oc1ccc(C(O)c2cccc3c2NCC3)cc1. The molecule has 0 aromatic heterocycles. The van der Waals surface area contributed by atoms with E-state index in [1.807, 2.05) is 50.2 Å². The van der Waals surface area contributed by atoms with E-state index in [0.29, 0.717) is 0 Å². The highest BCUT2D eigenvalue weighted by molar-refractivity contribution is 5.63. The van der Waals surface area contributed by atoms with Gasteiger partial charge in [-0.05, 0) is 43.5 Å². The lowest BCUT2D eigenvalue weighted by atomic mass is 9.97. The Hall–Kier alpha value is -2.00. The Morgan fingerprint density at radius 1 is 1.10 bits per heavy atom. The first kappa shape index (κ1) is 14.0. The molecule has 1 heterocycles. The molecule has 3 heteroatoms. The number of anilines is 1. The lowest BCUT2D eigenvalue weighted by molar-refractivity contribution is 0.220. The number of fused-ring (bicyclic) bond motifs is 1. The van der Waals surface area contributed by atoms with Crippen LogP contribution in [-0.2, 0) is 6.42 Å². The Labute approximate surface area is 125 Å². The Kier molecular flexibility index (Phi) is 3.84. The minimum atomic E-state index is -0.612. The molecule has 0 fully saturated rings. The predicted octanol–water partition coefficient (Wildman–Crippen LogP) is 3.52. The van der Waals surface area contributed by atoms with Crippen LogP contribution < -0.4 is 10.1 Å². The largest absolute Gasteiger partial charge is 0.491 e. The van der Waals surface area contributed by atoms with Gasteiger partial charge in [-0.2, -0.15) is 0 Å². The van der Waals surface area contributed by atoms with Crippen molar-refractivity contribution in [2.75, 3.05) is 11.9 Å². The van der Waals surface area contributed by atoms with E-state index in [-0.39, 0.29) is 6.10 Å². The van der Waals surface area contributed by atoms with Crippen molar-refractivity contribution >= 4 is 5.69 Å². The highest BCUT2D eigenvalue weighted by Crippen LogP contribution is 2.34. The number of hydrogen-bond donors (Lipinski definition) is 2. The number of aliphatic hydroxyl groups excluding tert-OH is 1. The highest BCUT2D eigenvalue weighted by atomic mass is 16.5. The lowest BCUT2D eigenvalue weighted by Gasteiger charge is -2.16. The van der Waals surface area contributed by atoms with Crippen LogP contribution in [0.1, 0.15) is 36.6 Å². The molecule has 1 atom stereocenters. The molecule has 0 amide bonds. The quantitative estimate of drug-likeness (QED) is 0.902. The van der Waals surface area contributed by atoms with Crippen LogP contribution in [0.25, 0.3) is 0 Å². The van der Waals surface area contributed by atoms with Crippen molar-refractivity contribution in [3.8, 4) is 5.75 Å². The number of rotatable bonds is 4. The molecule has 1 aliphatic rings. The summed E-state index contributed by atoms with van der Waals surface area (Å²) in [5, 5.41) is 14.0. The second kappa shape index (κ2) is 5.78. The first-order valence-corrected chi connectivity index (χ1v) is 7.45. The average Bonchev–Trinajstić information content (AvgIpc) is 2.95. The number of benzene rings is 2. The third-order valence-electron chi connectivity index (χ3n) is 3.74. The van der Waals surface area contributed by atoms with Crippen molar-refractivity contribution in [2.45, 2.75) is 32.5 Å². The fraction of sp³-hybridized carbons (Fsp3) is 0.333. The van der Waals surface area contributed by atoms with E-state index < -0.39 is 6.10 Å². The van der Waals surface area contributed by atoms with Crippen molar-refractivity contribution < 1.29 is 9.84 Å². The summed E-state index contributed by atoms with van der Waals surface area (Å²) < 4.78 is 5.63. The van der Waals surface area contributed by atoms with Crippen LogP contribution in [0.4, 0.5) is 5.69 Å². The fourth-order valence-corrected chi connectivity index (χ4v) is 2.77. The first-order valence-electron chi connectivity index (χ1n) is 7.45. The highest BCUT2D eigenvalue weighted by Gasteiger charge is 2.20. The third kappa shape index (κ3) is 2.88. The lowest BCUT2D eigenvalue weighted by Crippen LogP contribution is -2.06. The van der Waals surface area contributed by atoms with Crippen LogP contribution >= 0.6 is 0 Å². The van der Waals surface area contributed by atoms with Gasteiger partial charge in [0.15, 0.2) is 0 Å². The Morgan fingerprint density at radius 3 is 2.57 bits per heavy atom. The summed E-state index contributed by atoms with van der Waals surface area (Å²) in [7, 11) is 0. The van der Waals surface area contributed by atoms with Crippen molar-refractivity contribution in [3.05, 3.63) is 59.2 Å². The van der Waals surface area contributed by atoms with E-state index in [1.165, 1.54) is 5.56 Å². The second-order valence-corrected chi connectivity index (χ2v) is 5.70. The first-order chi connectivity index (χ1) is 10.1. The van der Waals surface area contributed by atoms with Gasteiger partial charge in [0, 0.05) is 17.8 Å². The zero-order valence-corrected chi connectivity index (χ0v) is 12.5. The van der Waals surface area contributed by atoms with Crippen molar-refractivity contribution in [2.24, 2.45) is 0 Å². The molecule has 1 aliphatic heterocycles. The van der Waals surface area contributed by atoms with Gasteiger partial charge in [0.25, 0.3) is 0 Å². The van der Waals surface area contributed by atoms with Gasteiger partial charge in [-0.1, -0.05) is 30.3 Å². The summed E-state index contributed by atoms with van der Waals surface area (Å²) in [5.74, 6) is 0.831. The van der Waals surface area contributed by atoms with Crippen molar-refractivity contribution in [1.82, 2.24) is 0 Å². The molecule has 110 valence electrons. The molecular formula is C18H21NO2. The zero-order chi connectivity index (χ0) is 14.8. The van der Waals surface area contributed by atoms with Crippen LogP contribution in [0, 0.1) is 0 Å². The molecular weight excluding hydrogens is 262 g/mol. The number of ether oxygens (including phenoxy) is 1. The van der Waals surface area contributed by atoms with Gasteiger partial charge < -0.3 is 15.2 Å². The molecule has 0 bridgehead atoms. The van der Waals surface area contributed by atoms with Gasteiger partial charge in [0.1, 0.15) is 11.9 Å². The van der Waals surface area contributed by atoms with Gasteiger partial charge in [0.2, 0.25) is 0 Å². The molecule has 2 N–H and O–H groups in total. The summed E-state index contributed by atoms with van der Waals surface area (Å²) in [6, 6.07) is 13.8. The number of aliphatic hydroxyl groups is 1. The van der Waals surface area contributed by atoms with Crippen LogP contribution in [0.3, 0.4) is 0 Å². The molecule has 0 radical (unpaired) electrons. The summed E-state index contributed by atoms with van der Waals surface area (Å²) in [4.78, 5) is 0. The van der Waals surface area contributed by atoms with E-state index in [2.05, 4.69) is 11.4 Å². The normalized spacial score (nSPS) is 14.7.